The molecule has 0 radical (unpaired) electrons. The summed E-state index contributed by atoms with van der Waals surface area (Å²) >= 11 is 5.91. The van der Waals surface area contributed by atoms with E-state index in [0.717, 1.165) is 29.5 Å². The lowest BCUT2D eigenvalue weighted by Crippen LogP contribution is -2.39. The number of rotatable bonds is 6. The molecule has 2 aromatic carbocycles. The molecule has 1 saturated heterocycles. The number of carbonyl (C=O) groups excluding carboxylic acids is 2. The first-order chi connectivity index (χ1) is 19.1. The SMILES string of the molecule is Cc1c(C(=O)NCC(F)(F)F)ccc2nn(CC3CCN(C(=O)c4ccc(-c5ccc(Cl)cn5)cc4)CC3)cc12. The van der Waals surface area contributed by atoms with Crippen molar-refractivity contribution in [1.82, 2.24) is 25.0 Å². The number of nitrogens with one attached hydrogen (secondary N) is 1. The number of hydrogen-bond acceptors (Lipinski definition) is 4. The predicted molar refractivity (Wildman–Crippen MR) is 146 cm³/mol. The lowest BCUT2D eigenvalue weighted by Gasteiger charge is -2.32. The molecule has 0 saturated carbocycles. The van der Waals surface area contributed by atoms with Gasteiger partial charge < -0.3 is 10.2 Å². The first-order valence-corrected chi connectivity index (χ1v) is 13.3. The van der Waals surface area contributed by atoms with Crippen molar-refractivity contribution in [3.05, 3.63) is 82.6 Å². The van der Waals surface area contributed by atoms with Gasteiger partial charge in [0.25, 0.3) is 11.8 Å². The molecule has 2 aromatic heterocycles. The third-order valence-electron chi connectivity index (χ3n) is 7.20. The van der Waals surface area contributed by atoms with E-state index in [1.54, 1.807) is 25.3 Å². The Labute approximate surface area is 233 Å². The lowest BCUT2D eigenvalue weighted by atomic mass is 9.96. The maximum atomic E-state index is 13.1. The van der Waals surface area contributed by atoms with Crippen LogP contribution in [0.4, 0.5) is 13.2 Å². The minimum atomic E-state index is -4.47. The summed E-state index contributed by atoms with van der Waals surface area (Å²) in [7, 11) is 0. The van der Waals surface area contributed by atoms with Crippen LogP contribution in [-0.4, -0.2) is 57.3 Å². The van der Waals surface area contributed by atoms with Crippen LogP contribution in [0.2, 0.25) is 5.02 Å². The van der Waals surface area contributed by atoms with E-state index < -0.39 is 18.6 Å². The van der Waals surface area contributed by atoms with Crippen LogP contribution in [0.25, 0.3) is 22.2 Å². The number of fused-ring (bicyclic) bond motifs is 1. The van der Waals surface area contributed by atoms with Gasteiger partial charge in [0.2, 0.25) is 0 Å². The molecule has 4 aromatic rings. The largest absolute Gasteiger partial charge is 0.405 e. The third kappa shape index (κ3) is 6.28. The van der Waals surface area contributed by atoms with Gasteiger partial charge in [-0.15, -0.1) is 0 Å². The molecular formula is C29H27ClF3N5O2. The van der Waals surface area contributed by atoms with Gasteiger partial charge in [0.1, 0.15) is 6.54 Å². The number of likely N-dealkylation sites (tertiary alicyclic amines) is 1. The average molecular weight is 570 g/mol. The van der Waals surface area contributed by atoms with Gasteiger partial charge >= 0.3 is 6.18 Å². The normalized spacial score (nSPS) is 14.5. The predicted octanol–water partition coefficient (Wildman–Crippen LogP) is 5.90. The number of aryl methyl sites for hydroxylation is 1. The van der Waals surface area contributed by atoms with Crippen molar-refractivity contribution in [2.24, 2.45) is 5.92 Å². The number of carbonyl (C=O) groups is 2. The molecule has 2 amide bonds. The Morgan fingerprint density at radius 2 is 1.77 bits per heavy atom. The van der Waals surface area contributed by atoms with Crippen LogP contribution in [0.3, 0.4) is 0 Å². The molecular weight excluding hydrogens is 543 g/mol. The van der Waals surface area contributed by atoms with E-state index in [-0.39, 0.29) is 11.5 Å². The number of amides is 2. The summed E-state index contributed by atoms with van der Waals surface area (Å²) in [5, 5.41) is 7.82. The fraction of sp³-hybridized carbons (Fsp3) is 0.310. The van der Waals surface area contributed by atoms with Crippen LogP contribution in [0.15, 0.2) is 60.9 Å². The topological polar surface area (TPSA) is 80.1 Å². The Hall–Kier alpha value is -3.92. The number of aromatic nitrogens is 3. The molecule has 0 aliphatic carbocycles. The molecule has 1 fully saturated rings. The van der Waals surface area contributed by atoms with Gasteiger partial charge in [-0.05, 0) is 67.6 Å². The highest BCUT2D eigenvalue weighted by Gasteiger charge is 2.28. The molecule has 3 heterocycles. The molecule has 5 rings (SSSR count). The zero-order valence-electron chi connectivity index (χ0n) is 21.7. The second kappa shape index (κ2) is 11.3. The second-order valence-electron chi connectivity index (χ2n) is 9.99. The molecule has 1 aliphatic rings. The molecule has 40 heavy (non-hydrogen) atoms. The number of halogens is 4. The number of piperidine rings is 1. The highest BCUT2D eigenvalue weighted by molar-refractivity contribution is 6.30. The van der Waals surface area contributed by atoms with Crippen LogP contribution in [0, 0.1) is 12.8 Å². The van der Waals surface area contributed by atoms with Crippen molar-refractivity contribution in [3.63, 3.8) is 0 Å². The van der Waals surface area contributed by atoms with E-state index >= 15 is 0 Å². The van der Waals surface area contributed by atoms with Gasteiger partial charge in [0.15, 0.2) is 0 Å². The van der Waals surface area contributed by atoms with E-state index in [2.05, 4.69) is 10.1 Å². The summed E-state index contributed by atoms with van der Waals surface area (Å²) in [6.45, 7) is 2.24. The molecule has 11 heteroatoms. The maximum Gasteiger partial charge on any atom is 0.405 e. The van der Waals surface area contributed by atoms with Crippen LogP contribution < -0.4 is 5.32 Å². The smallest absolute Gasteiger partial charge is 0.343 e. The molecule has 0 bridgehead atoms. The first-order valence-electron chi connectivity index (χ1n) is 12.9. The van der Waals surface area contributed by atoms with E-state index in [4.69, 9.17) is 11.6 Å². The minimum absolute atomic E-state index is 0.00848. The third-order valence-corrected chi connectivity index (χ3v) is 7.43. The first kappa shape index (κ1) is 27.6. The van der Waals surface area contributed by atoms with Gasteiger partial charge in [-0.25, -0.2) is 0 Å². The summed E-state index contributed by atoms with van der Waals surface area (Å²) in [5.74, 6) is -0.463. The van der Waals surface area contributed by atoms with E-state index in [1.165, 1.54) is 6.07 Å². The zero-order valence-corrected chi connectivity index (χ0v) is 22.5. The summed E-state index contributed by atoms with van der Waals surface area (Å²) in [6, 6.07) is 14.2. The van der Waals surface area contributed by atoms with Gasteiger partial charge in [0.05, 0.1) is 16.2 Å². The van der Waals surface area contributed by atoms with Crippen LogP contribution >= 0.6 is 11.6 Å². The highest BCUT2D eigenvalue weighted by Crippen LogP contribution is 2.26. The van der Waals surface area contributed by atoms with Crippen molar-refractivity contribution >= 4 is 34.3 Å². The molecule has 1 aliphatic heterocycles. The molecule has 7 nitrogen and oxygen atoms in total. The molecule has 0 spiro atoms. The lowest BCUT2D eigenvalue weighted by molar-refractivity contribution is -0.123. The number of hydrogen-bond donors (Lipinski definition) is 1. The zero-order chi connectivity index (χ0) is 28.4. The Kier molecular flexibility index (Phi) is 7.80. The number of alkyl halides is 3. The Morgan fingerprint density at radius 1 is 1.05 bits per heavy atom. The van der Waals surface area contributed by atoms with Gasteiger partial charge in [0, 0.05) is 54.1 Å². The van der Waals surface area contributed by atoms with E-state index in [9.17, 15) is 22.8 Å². The Morgan fingerprint density at radius 3 is 2.42 bits per heavy atom. The van der Waals surface area contributed by atoms with Crippen molar-refractivity contribution in [1.29, 1.82) is 0 Å². The summed E-state index contributed by atoms with van der Waals surface area (Å²) in [6.07, 6.45) is 0.585. The van der Waals surface area contributed by atoms with Gasteiger partial charge in [-0.2, -0.15) is 18.3 Å². The molecule has 1 N–H and O–H groups in total. The average Bonchev–Trinajstić information content (AvgIpc) is 3.35. The molecule has 0 unspecified atom stereocenters. The quantitative estimate of drug-likeness (QED) is 0.313. The molecule has 0 atom stereocenters. The van der Waals surface area contributed by atoms with Crippen molar-refractivity contribution in [2.45, 2.75) is 32.5 Å². The van der Waals surface area contributed by atoms with Crippen molar-refractivity contribution in [3.8, 4) is 11.3 Å². The van der Waals surface area contributed by atoms with Crippen LogP contribution in [0.1, 0.15) is 39.1 Å². The van der Waals surface area contributed by atoms with Crippen molar-refractivity contribution in [2.75, 3.05) is 19.6 Å². The van der Waals surface area contributed by atoms with E-state index in [0.29, 0.717) is 47.2 Å². The fourth-order valence-corrected chi connectivity index (χ4v) is 5.10. The highest BCUT2D eigenvalue weighted by atomic mass is 35.5. The van der Waals surface area contributed by atoms with Crippen LogP contribution in [0.5, 0.6) is 0 Å². The van der Waals surface area contributed by atoms with Gasteiger partial charge in [-0.1, -0.05) is 23.7 Å². The number of benzene rings is 2. The number of pyridine rings is 1. The monoisotopic (exact) mass is 569 g/mol. The maximum absolute atomic E-state index is 13.1. The van der Waals surface area contributed by atoms with Crippen LogP contribution in [-0.2, 0) is 6.54 Å². The molecule has 208 valence electrons. The fourth-order valence-electron chi connectivity index (χ4n) is 4.99. The second-order valence-corrected chi connectivity index (χ2v) is 10.4. The summed E-state index contributed by atoms with van der Waals surface area (Å²) in [5.41, 5.74) is 3.77. The minimum Gasteiger partial charge on any atom is -0.343 e. The number of nitrogens with zero attached hydrogens (tertiary/aromatic N) is 4. The van der Waals surface area contributed by atoms with E-state index in [1.807, 2.05) is 51.4 Å². The van der Waals surface area contributed by atoms with Crippen molar-refractivity contribution < 1.29 is 22.8 Å². The standard InChI is InChI=1S/C29H27ClF3N5O2/c1-18-23(27(39)35-17-29(31,32)33)7-9-26-24(18)16-38(36-26)15-19-10-12-37(13-11-19)28(40)21-4-2-20(3-5-21)25-8-6-22(30)14-34-25/h2-9,14,16,19H,10-13,15,17H2,1H3,(H,35,39). The van der Waals surface area contributed by atoms with Gasteiger partial charge in [-0.3, -0.25) is 19.3 Å². The summed E-state index contributed by atoms with van der Waals surface area (Å²) < 4.78 is 39.3. The summed E-state index contributed by atoms with van der Waals surface area (Å²) in [4.78, 5) is 31.5. The Bertz CT molecular complexity index is 1530. The Balaban J connectivity index is 1.18.